The molecule has 0 unspecified atom stereocenters. The summed E-state index contributed by atoms with van der Waals surface area (Å²) in [5.41, 5.74) is 0. The number of piperazine rings is 1. The van der Waals surface area contributed by atoms with Crippen LogP contribution in [0.2, 0.25) is 0 Å². The van der Waals surface area contributed by atoms with Gasteiger partial charge in [0.05, 0.1) is 0 Å². The quantitative estimate of drug-likeness (QED) is 0.622. The van der Waals surface area contributed by atoms with Gasteiger partial charge in [-0.25, -0.2) is 4.79 Å². The number of carbonyl (C=O) groups is 2. The summed E-state index contributed by atoms with van der Waals surface area (Å²) < 4.78 is 0. The van der Waals surface area contributed by atoms with Crippen LogP contribution in [0.5, 0.6) is 0 Å². The highest BCUT2D eigenvalue weighted by Crippen LogP contribution is 2.27. The Morgan fingerprint density at radius 2 is 2.08 bits per heavy atom. The van der Waals surface area contributed by atoms with Gasteiger partial charge in [-0.15, -0.1) is 0 Å². The van der Waals surface area contributed by atoms with Crippen molar-refractivity contribution in [2.45, 2.75) is 18.9 Å². The molecule has 13 heavy (non-hydrogen) atoms. The van der Waals surface area contributed by atoms with Crippen LogP contribution in [0.25, 0.3) is 0 Å². The predicted molar refractivity (Wildman–Crippen MR) is 44.3 cm³/mol. The van der Waals surface area contributed by atoms with Crippen molar-refractivity contribution in [1.82, 2.24) is 9.80 Å². The molecule has 1 aliphatic carbocycles. The third kappa shape index (κ3) is 1.59. The lowest BCUT2D eigenvalue weighted by Crippen LogP contribution is -2.52. The smallest absolute Gasteiger partial charge is 0.407 e. The summed E-state index contributed by atoms with van der Waals surface area (Å²) >= 11 is 0. The maximum absolute atomic E-state index is 11.4. The zero-order valence-corrected chi connectivity index (χ0v) is 7.27. The lowest BCUT2D eigenvalue weighted by atomic mass is 10.3. The molecule has 2 fully saturated rings. The Balaban J connectivity index is 1.95. The fraction of sp³-hybridized carbons (Fsp3) is 0.750. The first kappa shape index (κ1) is 8.34. The van der Waals surface area contributed by atoms with Crippen LogP contribution in [-0.2, 0) is 4.79 Å². The molecule has 1 N–H and O–H groups in total. The topological polar surface area (TPSA) is 60.9 Å². The Bertz CT molecular complexity index is 250. The van der Waals surface area contributed by atoms with Gasteiger partial charge in [-0.2, -0.15) is 0 Å². The van der Waals surface area contributed by atoms with E-state index in [-0.39, 0.29) is 12.5 Å². The van der Waals surface area contributed by atoms with Gasteiger partial charge >= 0.3 is 6.09 Å². The van der Waals surface area contributed by atoms with E-state index in [4.69, 9.17) is 5.11 Å². The molecule has 72 valence electrons. The van der Waals surface area contributed by atoms with E-state index >= 15 is 0 Å². The number of carbonyl (C=O) groups excluding carboxylic acids is 1. The second kappa shape index (κ2) is 2.90. The Morgan fingerprint density at radius 3 is 2.54 bits per heavy atom. The first-order valence-corrected chi connectivity index (χ1v) is 4.46. The fourth-order valence-electron chi connectivity index (χ4n) is 1.62. The van der Waals surface area contributed by atoms with Crippen LogP contribution < -0.4 is 0 Å². The molecule has 2 rings (SSSR count). The summed E-state index contributed by atoms with van der Waals surface area (Å²) in [5.74, 6) is -0.0452. The van der Waals surface area contributed by atoms with Gasteiger partial charge in [0, 0.05) is 19.1 Å². The molecule has 2 amide bonds. The summed E-state index contributed by atoms with van der Waals surface area (Å²) in [7, 11) is 0. The Morgan fingerprint density at radius 1 is 1.38 bits per heavy atom. The van der Waals surface area contributed by atoms with E-state index in [1.807, 2.05) is 0 Å². The largest absolute Gasteiger partial charge is 0.465 e. The van der Waals surface area contributed by atoms with Gasteiger partial charge in [0.1, 0.15) is 6.54 Å². The number of rotatable bonds is 1. The molecule has 5 nitrogen and oxygen atoms in total. The number of hydrogen-bond donors (Lipinski definition) is 1. The van der Waals surface area contributed by atoms with Crippen molar-refractivity contribution in [3.05, 3.63) is 0 Å². The zero-order valence-electron chi connectivity index (χ0n) is 7.27. The molecular formula is C8H12N2O3. The van der Waals surface area contributed by atoms with Gasteiger partial charge in [-0.1, -0.05) is 0 Å². The van der Waals surface area contributed by atoms with Gasteiger partial charge in [0.25, 0.3) is 0 Å². The van der Waals surface area contributed by atoms with Crippen LogP contribution in [0.3, 0.4) is 0 Å². The molecule has 0 aromatic heterocycles. The summed E-state index contributed by atoms with van der Waals surface area (Å²) in [6.07, 6.45) is 1.17. The van der Waals surface area contributed by atoms with E-state index in [0.29, 0.717) is 19.1 Å². The van der Waals surface area contributed by atoms with Crippen LogP contribution in [-0.4, -0.2) is 52.6 Å². The first-order valence-electron chi connectivity index (χ1n) is 4.46. The van der Waals surface area contributed by atoms with Crippen molar-refractivity contribution < 1.29 is 14.7 Å². The molecule has 2 aliphatic rings. The van der Waals surface area contributed by atoms with Gasteiger partial charge in [0.2, 0.25) is 5.91 Å². The third-order valence-electron chi connectivity index (χ3n) is 2.52. The van der Waals surface area contributed by atoms with Crippen LogP contribution >= 0.6 is 0 Å². The lowest BCUT2D eigenvalue weighted by molar-refractivity contribution is -0.135. The minimum Gasteiger partial charge on any atom is -0.465 e. The summed E-state index contributed by atoms with van der Waals surface area (Å²) in [4.78, 5) is 24.9. The van der Waals surface area contributed by atoms with Crippen molar-refractivity contribution in [1.29, 1.82) is 0 Å². The molecule has 1 heterocycles. The molecule has 1 saturated heterocycles. The fourth-order valence-corrected chi connectivity index (χ4v) is 1.62. The van der Waals surface area contributed by atoms with Crippen LogP contribution in [0.1, 0.15) is 12.8 Å². The van der Waals surface area contributed by atoms with E-state index in [1.165, 1.54) is 4.90 Å². The van der Waals surface area contributed by atoms with Crippen LogP contribution in [0, 0.1) is 0 Å². The van der Waals surface area contributed by atoms with Crippen molar-refractivity contribution in [3.63, 3.8) is 0 Å². The standard InChI is InChI=1S/C8H12N2O3/c11-7-5-9(8(12)13)3-4-10(7)6-1-2-6/h6H,1-5H2,(H,12,13). The Kier molecular flexibility index (Phi) is 1.86. The summed E-state index contributed by atoms with van der Waals surface area (Å²) in [6, 6.07) is 0.406. The highest BCUT2D eigenvalue weighted by Gasteiger charge is 2.36. The van der Waals surface area contributed by atoms with Gasteiger partial charge in [0.15, 0.2) is 0 Å². The minimum atomic E-state index is -0.996. The Hall–Kier alpha value is -1.26. The highest BCUT2D eigenvalue weighted by atomic mass is 16.4. The maximum Gasteiger partial charge on any atom is 0.407 e. The zero-order chi connectivity index (χ0) is 9.42. The van der Waals surface area contributed by atoms with Gasteiger partial charge in [-0.3, -0.25) is 9.69 Å². The number of carboxylic acid groups (broad SMARTS) is 1. The average Bonchev–Trinajstić information content (AvgIpc) is 2.87. The predicted octanol–water partition coefficient (Wildman–Crippen LogP) is -0.0290. The van der Waals surface area contributed by atoms with E-state index in [2.05, 4.69) is 0 Å². The molecule has 0 aromatic rings. The van der Waals surface area contributed by atoms with Crippen molar-refractivity contribution in [3.8, 4) is 0 Å². The van der Waals surface area contributed by atoms with Gasteiger partial charge in [-0.05, 0) is 12.8 Å². The molecule has 0 bridgehead atoms. The molecule has 0 atom stereocenters. The minimum absolute atomic E-state index is 0.0336. The maximum atomic E-state index is 11.4. The molecule has 1 aliphatic heterocycles. The molecule has 0 radical (unpaired) electrons. The normalized spacial score (nSPS) is 23.5. The molecular weight excluding hydrogens is 172 g/mol. The van der Waals surface area contributed by atoms with E-state index in [9.17, 15) is 9.59 Å². The average molecular weight is 184 g/mol. The van der Waals surface area contributed by atoms with Gasteiger partial charge < -0.3 is 10.0 Å². The molecule has 1 saturated carbocycles. The molecule has 0 spiro atoms. The number of amides is 2. The van der Waals surface area contributed by atoms with Crippen molar-refractivity contribution in [2.75, 3.05) is 19.6 Å². The summed E-state index contributed by atoms with van der Waals surface area (Å²) in [5, 5.41) is 8.65. The Labute approximate surface area is 75.9 Å². The van der Waals surface area contributed by atoms with Crippen molar-refractivity contribution >= 4 is 12.0 Å². The van der Waals surface area contributed by atoms with Crippen LogP contribution in [0.15, 0.2) is 0 Å². The SMILES string of the molecule is O=C(O)N1CCN(C2CC2)C(=O)C1. The van der Waals surface area contributed by atoms with E-state index in [0.717, 1.165) is 12.8 Å². The number of hydrogen-bond acceptors (Lipinski definition) is 2. The van der Waals surface area contributed by atoms with Crippen molar-refractivity contribution in [2.24, 2.45) is 0 Å². The lowest BCUT2D eigenvalue weighted by Gasteiger charge is -2.32. The van der Waals surface area contributed by atoms with E-state index < -0.39 is 6.09 Å². The molecule has 0 aromatic carbocycles. The third-order valence-corrected chi connectivity index (χ3v) is 2.52. The number of nitrogens with zero attached hydrogens (tertiary/aromatic N) is 2. The second-order valence-electron chi connectivity index (χ2n) is 3.52. The van der Waals surface area contributed by atoms with Crippen LogP contribution in [0.4, 0.5) is 4.79 Å². The van der Waals surface area contributed by atoms with E-state index in [1.54, 1.807) is 4.90 Å². The first-order chi connectivity index (χ1) is 6.18. The molecule has 5 heteroatoms. The monoisotopic (exact) mass is 184 g/mol. The summed E-state index contributed by atoms with van der Waals surface area (Å²) in [6.45, 7) is 1.05. The second-order valence-corrected chi connectivity index (χ2v) is 3.52. The highest BCUT2D eigenvalue weighted by molar-refractivity contribution is 5.83.